The first kappa shape index (κ1) is 38.5. The zero-order valence-corrected chi connectivity index (χ0v) is 35.1. The highest BCUT2D eigenvalue weighted by molar-refractivity contribution is 6.02. The molecule has 2 aromatic heterocycles. The fourth-order valence-corrected chi connectivity index (χ4v) is 14.5. The molecule has 8 heteroatoms. The van der Waals surface area contributed by atoms with Gasteiger partial charge in [-0.15, -0.1) is 0 Å². The van der Waals surface area contributed by atoms with Gasteiger partial charge in [0.15, 0.2) is 5.78 Å². The summed E-state index contributed by atoms with van der Waals surface area (Å²) in [5, 5.41) is 35.2. The standard InChI is InChI=1S/C48H64N2O6/c1-26-16-27(18-28(17-26)25-51)19-30-23-50-24-31-36-37(45(6,20-33(53)42-44(4,5)56-42)13-10-29-22-49-38(30)39(29)50)32(52)21-48(36,9)47(8)15-11-34-43(2,3)35(54)12-14-46(34,7)41(47)40(31)55/h16-18,22-23,31,33-34,40-42,49,51,53,55H,10-15,19-21,24-25H2,1-9H3. The molecule has 0 amide bonds. The van der Waals surface area contributed by atoms with Crippen molar-refractivity contribution < 1.29 is 29.6 Å². The second-order valence-electron chi connectivity index (χ2n) is 21.4. The number of rotatable bonds is 6. The van der Waals surface area contributed by atoms with Crippen LogP contribution in [0.5, 0.6) is 0 Å². The van der Waals surface area contributed by atoms with Gasteiger partial charge in [0, 0.05) is 60.5 Å². The number of nitrogens with zero attached hydrogens (tertiary/aromatic N) is 1. The van der Waals surface area contributed by atoms with Crippen molar-refractivity contribution >= 4 is 22.6 Å². The number of fused-ring (bicyclic) bond motifs is 4. The Labute approximate surface area is 332 Å². The van der Waals surface area contributed by atoms with Crippen LogP contribution in [0.25, 0.3) is 11.0 Å². The monoisotopic (exact) mass is 764 g/mol. The van der Waals surface area contributed by atoms with Crippen LogP contribution in [0.15, 0.2) is 41.7 Å². The van der Waals surface area contributed by atoms with Gasteiger partial charge in [0.25, 0.3) is 0 Å². The molecule has 3 saturated carbocycles. The number of Topliss-reactive ketones (excluding diaryl/α,β-unsaturated/α-hetero) is 2. The van der Waals surface area contributed by atoms with Crippen molar-refractivity contribution in [1.82, 2.24) is 9.55 Å². The molecule has 9 rings (SSSR count). The lowest BCUT2D eigenvalue weighted by molar-refractivity contribution is -0.220. The van der Waals surface area contributed by atoms with Gasteiger partial charge >= 0.3 is 0 Å². The van der Waals surface area contributed by atoms with E-state index in [1.54, 1.807) is 0 Å². The Balaban J connectivity index is 1.24. The van der Waals surface area contributed by atoms with Crippen molar-refractivity contribution in [2.24, 2.45) is 44.8 Å². The van der Waals surface area contributed by atoms with Gasteiger partial charge in [-0.05, 0) is 115 Å². The molecule has 10 unspecified atom stereocenters. The van der Waals surface area contributed by atoms with E-state index in [2.05, 4.69) is 82.5 Å². The van der Waals surface area contributed by atoms with Gasteiger partial charge in [0.1, 0.15) is 11.9 Å². The van der Waals surface area contributed by atoms with E-state index in [0.717, 1.165) is 70.1 Å². The fraction of sp³-hybridized carbons (Fsp3) is 0.667. The molecule has 2 aliphatic heterocycles. The molecule has 8 nitrogen and oxygen atoms in total. The van der Waals surface area contributed by atoms with Crippen LogP contribution in [0.2, 0.25) is 0 Å². The van der Waals surface area contributed by atoms with Gasteiger partial charge in [0.05, 0.1) is 35.4 Å². The molecule has 4 heterocycles. The number of aromatic nitrogens is 2. The molecule has 302 valence electrons. The lowest BCUT2D eigenvalue weighted by Gasteiger charge is -2.70. The summed E-state index contributed by atoms with van der Waals surface area (Å²) in [5.74, 6) is 0.219. The van der Waals surface area contributed by atoms with Crippen molar-refractivity contribution in [1.29, 1.82) is 0 Å². The molecule has 1 aromatic carbocycles. The van der Waals surface area contributed by atoms with Crippen LogP contribution in [0.1, 0.15) is 128 Å². The average Bonchev–Trinajstić information content (AvgIpc) is 3.36. The minimum Gasteiger partial charge on any atom is -0.392 e. The Kier molecular flexibility index (Phi) is 8.42. The highest BCUT2D eigenvalue weighted by atomic mass is 16.6. The van der Waals surface area contributed by atoms with Crippen molar-refractivity contribution in [3.63, 3.8) is 0 Å². The van der Waals surface area contributed by atoms with Crippen LogP contribution in [-0.2, 0) is 40.3 Å². The molecule has 0 spiro atoms. The average molecular weight is 765 g/mol. The van der Waals surface area contributed by atoms with Crippen LogP contribution in [0, 0.1) is 51.8 Å². The maximum absolute atomic E-state index is 15.1. The Bertz CT molecular complexity index is 2190. The molecule has 0 bridgehead atoms. The van der Waals surface area contributed by atoms with E-state index in [0.29, 0.717) is 44.4 Å². The number of aryl methyl sites for hydroxylation is 2. The van der Waals surface area contributed by atoms with E-state index in [-0.39, 0.29) is 47.1 Å². The van der Waals surface area contributed by atoms with E-state index in [4.69, 9.17) is 4.74 Å². The Morgan fingerprint density at radius 1 is 0.982 bits per heavy atom. The summed E-state index contributed by atoms with van der Waals surface area (Å²) < 4.78 is 8.37. The van der Waals surface area contributed by atoms with E-state index in [9.17, 15) is 20.1 Å². The number of ether oxygens (including phenoxy) is 1. The Hall–Kier alpha value is -3.04. The lowest BCUT2D eigenvalue weighted by atomic mass is 9.34. The summed E-state index contributed by atoms with van der Waals surface area (Å²) in [6, 6.07) is 6.31. The zero-order chi connectivity index (χ0) is 40.1. The number of aromatic amines is 1. The van der Waals surface area contributed by atoms with Gasteiger partial charge in [0.2, 0.25) is 0 Å². The molecule has 4 N–H and O–H groups in total. The van der Waals surface area contributed by atoms with Gasteiger partial charge in [-0.25, -0.2) is 0 Å². The smallest absolute Gasteiger partial charge is 0.160 e. The number of ketones is 2. The number of carbonyl (C=O) groups is 2. The summed E-state index contributed by atoms with van der Waals surface area (Å²) in [5.41, 5.74) is 7.08. The van der Waals surface area contributed by atoms with E-state index in [1.165, 1.54) is 5.56 Å². The Morgan fingerprint density at radius 3 is 2.39 bits per heavy atom. The molecule has 4 fully saturated rings. The third-order valence-corrected chi connectivity index (χ3v) is 17.3. The number of carbonyl (C=O) groups excluding carboxylic acids is 2. The van der Waals surface area contributed by atoms with Gasteiger partial charge < -0.3 is 29.6 Å². The predicted molar refractivity (Wildman–Crippen MR) is 217 cm³/mol. The van der Waals surface area contributed by atoms with E-state index >= 15 is 4.79 Å². The van der Waals surface area contributed by atoms with E-state index < -0.39 is 34.1 Å². The maximum atomic E-state index is 15.1. The van der Waals surface area contributed by atoms with Crippen LogP contribution >= 0.6 is 0 Å². The molecular formula is C48H64N2O6. The number of hydrogen-bond acceptors (Lipinski definition) is 6. The quantitative estimate of drug-likeness (QED) is 0.189. The summed E-state index contributed by atoms with van der Waals surface area (Å²) in [4.78, 5) is 32.3. The normalized spacial score (nSPS) is 39.0. The predicted octanol–water partition coefficient (Wildman–Crippen LogP) is 7.94. The molecular weight excluding hydrogens is 701 g/mol. The molecule has 6 aliphatic rings. The zero-order valence-electron chi connectivity index (χ0n) is 35.1. The lowest BCUT2D eigenvalue weighted by Crippen LogP contribution is -2.67. The number of nitrogens with one attached hydrogen (secondary N) is 1. The first-order valence-corrected chi connectivity index (χ1v) is 21.4. The van der Waals surface area contributed by atoms with Gasteiger partial charge in [-0.3, -0.25) is 9.59 Å². The van der Waals surface area contributed by atoms with Crippen LogP contribution in [0.3, 0.4) is 0 Å². The second kappa shape index (κ2) is 12.2. The van der Waals surface area contributed by atoms with E-state index in [1.807, 2.05) is 19.9 Å². The largest absolute Gasteiger partial charge is 0.392 e. The Morgan fingerprint density at radius 2 is 1.70 bits per heavy atom. The molecule has 4 aliphatic carbocycles. The minimum absolute atomic E-state index is 0.00467. The second-order valence-corrected chi connectivity index (χ2v) is 21.4. The number of aliphatic hydroxyl groups excluding tert-OH is 3. The SMILES string of the molecule is Cc1cc(CO)cc(Cc2cn3c4c(c[nH]c24)CCC(C)(CC(O)C2OC2(C)C)C2=C4C(C3)C(O)C3C5(C)CCC(=O)C(C)(C)C5CCC3(C)C4(C)CC2=O)c1. The number of aliphatic hydroxyl groups is 3. The van der Waals surface area contributed by atoms with Crippen molar-refractivity contribution in [2.75, 3.05) is 0 Å². The minimum atomic E-state index is -0.729. The molecule has 1 saturated heterocycles. The highest BCUT2D eigenvalue weighted by Crippen LogP contribution is 2.75. The molecule has 56 heavy (non-hydrogen) atoms. The molecule has 3 aromatic rings. The summed E-state index contributed by atoms with van der Waals surface area (Å²) >= 11 is 0. The first-order chi connectivity index (χ1) is 26.2. The highest BCUT2D eigenvalue weighted by Gasteiger charge is 2.72. The summed E-state index contributed by atoms with van der Waals surface area (Å²) in [7, 11) is 0. The van der Waals surface area contributed by atoms with Crippen molar-refractivity contribution in [3.8, 4) is 0 Å². The van der Waals surface area contributed by atoms with Crippen molar-refractivity contribution in [2.45, 2.75) is 157 Å². The van der Waals surface area contributed by atoms with Crippen LogP contribution in [-0.4, -0.2) is 60.4 Å². The number of hydrogen-bond donors (Lipinski definition) is 4. The number of epoxide rings is 1. The van der Waals surface area contributed by atoms with Gasteiger partial charge in [-0.2, -0.15) is 0 Å². The third kappa shape index (κ3) is 5.23. The molecule has 10 atom stereocenters. The maximum Gasteiger partial charge on any atom is 0.160 e. The summed E-state index contributed by atoms with van der Waals surface area (Å²) in [6.45, 7) is 20.2. The third-order valence-electron chi connectivity index (χ3n) is 17.3. The molecule has 0 radical (unpaired) electrons. The topological polar surface area (TPSA) is 128 Å². The first-order valence-electron chi connectivity index (χ1n) is 21.4. The number of benzene rings is 1. The van der Waals surface area contributed by atoms with Crippen LogP contribution in [0.4, 0.5) is 0 Å². The van der Waals surface area contributed by atoms with Gasteiger partial charge in [-0.1, -0.05) is 65.3 Å². The van der Waals surface area contributed by atoms with Crippen LogP contribution < -0.4 is 0 Å². The summed E-state index contributed by atoms with van der Waals surface area (Å²) in [6.07, 6.45) is 8.64. The fourth-order valence-electron chi connectivity index (χ4n) is 14.5. The number of H-pyrrole nitrogens is 1. The van der Waals surface area contributed by atoms with Crippen molar-refractivity contribution in [3.05, 3.63) is 69.6 Å². The number of allylic oxidation sites excluding steroid dienone is 1.